The summed E-state index contributed by atoms with van der Waals surface area (Å²) in [4.78, 5) is 4.57. The van der Waals surface area contributed by atoms with Crippen LogP contribution in [0.15, 0.2) is 5.38 Å². The fourth-order valence-electron chi connectivity index (χ4n) is 1.19. The molecule has 1 aromatic heterocycles. The number of hydrogen-bond donors (Lipinski definition) is 1. The average molecular weight is 196 g/mol. The Morgan fingerprint density at radius 3 is 3.08 bits per heavy atom. The number of rotatable bonds is 4. The van der Waals surface area contributed by atoms with Crippen LogP contribution in [0.4, 0.5) is 5.13 Å². The smallest absolute Gasteiger partial charge is 0.183 e. The first-order valence-electron chi connectivity index (χ1n) is 5.01. The lowest BCUT2D eigenvalue weighted by molar-refractivity contribution is 0.714. The summed E-state index contributed by atoms with van der Waals surface area (Å²) in [5.74, 6) is 0.603. The van der Waals surface area contributed by atoms with Crippen LogP contribution >= 0.6 is 11.3 Å². The Bertz CT molecular complexity index is 278. The molecule has 0 aromatic carbocycles. The third-order valence-electron chi connectivity index (χ3n) is 2.54. The molecule has 0 saturated heterocycles. The molecule has 72 valence electrons. The van der Waals surface area contributed by atoms with Crippen LogP contribution in [0, 0.1) is 0 Å². The fraction of sp³-hybridized carbons (Fsp3) is 0.700. The summed E-state index contributed by atoms with van der Waals surface area (Å²) in [6.07, 6.45) is 3.81. The summed E-state index contributed by atoms with van der Waals surface area (Å²) < 4.78 is 0. The van der Waals surface area contributed by atoms with Gasteiger partial charge in [0, 0.05) is 11.4 Å². The zero-order chi connectivity index (χ0) is 9.26. The molecule has 1 fully saturated rings. The lowest BCUT2D eigenvalue weighted by Gasteiger charge is -2.02. The van der Waals surface area contributed by atoms with Crippen LogP contribution in [-0.2, 0) is 0 Å². The molecule has 1 aliphatic carbocycles. The van der Waals surface area contributed by atoms with Crippen LogP contribution in [0.2, 0.25) is 0 Å². The molecule has 3 heteroatoms. The first-order chi connectivity index (χ1) is 6.29. The van der Waals surface area contributed by atoms with E-state index >= 15 is 0 Å². The van der Waals surface area contributed by atoms with E-state index < -0.39 is 0 Å². The van der Waals surface area contributed by atoms with Gasteiger partial charge in [-0.05, 0) is 25.2 Å². The van der Waals surface area contributed by atoms with Crippen molar-refractivity contribution in [1.82, 2.24) is 4.98 Å². The normalized spacial score (nSPS) is 18.6. The van der Waals surface area contributed by atoms with Gasteiger partial charge in [0.1, 0.15) is 0 Å². The highest BCUT2D eigenvalue weighted by atomic mass is 32.1. The molecular weight excluding hydrogens is 180 g/mol. The van der Waals surface area contributed by atoms with E-state index in [1.165, 1.54) is 25.0 Å². The molecule has 2 rings (SSSR count). The molecule has 1 atom stereocenters. The topological polar surface area (TPSA) is 24.9 Å². The zero-order valence-electron chi connectivity index (χ0n) is 8.21. The number of nitrogens with zero attached hydrogens (tertiary/aromatic N) is 1. The molecule has 0 unspecified atom stereocenters. The summed E-state index contributed by atoms with van der Waals surface area (Å²) >= 11 is 1.74. The molecule has 0 spiro atoms. The van der Waals surface area contributed by atoms with Gasteiger partial charge in [-0.2, -0.15) is 0 Å². The van der Waals surface area contributed by atoms with E-state index in [0.717, 1.165) is 11.2 Å². The monoisotopic (exact) mass is 196 g/mol. The summed E-state index contributed by atoms with van der Waals surface area (Å²) in [6, 6.07) is 0.718. The second-order valence-corrected chi connectivity index (χ2v) is 4.66. The van der Waals surface area contributed by atoms with Gasteiger partial charge >= 0.3 is 0 Å². The number of hydrogen-bond acceptors (Lipinski definition) is 3. The first-order valence-corrected chi connectivity index (χ1v) is 5.89. The number of aromatic nitrogens is 1. The zero-order valence-corrected chi connectivity index (χ0v) is 9.03. The summed E-state index contributed by atoms with van der Waals surface area (Å²) in [5, 5.41) is 6.71. The predicted octanol–water partition coefficient (Wildman–Crippen LogP) is 3.23. The van der Waals surface area contributed by atoms with Gasteiger partial charge in [0.25, 0.3) is 0 Å². The maximum atomic E-state index is 4.57. The molecule has 0 aliphatic heterocycles. The molecule has 0 amide bonds. The van der Waals surface area contributed by atoms with Gasteiger partial charge < -0.3 is 5.32 Å². The van der Waals surface area contributed by atoms with E-state index in [4.69, 9.17) is 0 Å². The fourth-order valence-corrected chi connectivity index (χ4v) is 2.10. The van der Waals surface area contributed by atoms with Crippen LogP contribution in [0.25, 0.3) is 0 Å². The highest BCUT2D eigenvalue weighted by Gasteiger charge is 2.22. The Hall–Kier alpha value is -0.570. The Labute approximate surface area is 83.4 Å². The Balaban J connectivity index is 1.99. The standard InChI is InChI=1S/C10H16N2S/c1-3-7(2)9-6-13-10(12-9)11-8-4-5-8/h6-8H,3-5H2,1-2H3,(H,11,12)/t7-/m0/s1. The van der Waals surface area contributed by atoms with Crippen molar-refractivity contribution in [3.63, 3.8) is 0 Å². The highest BCUT2D eigenvalue weighted by molar-refractivity contribution is 7.13. The minimum absolute atomic E-state index is 0.603. The van der Waals surface area contributed by atoms with Crippen molar-refractivity contribution >= 4 is 16.5 Å². The number of anilines is 1. The maximum absolute atomic E-state index is 4.57. The van der Waals surface area contributed by atoms with Crippen molar-refractivity contribution in [2.75, 3.05) is 5.32 Å². The van der Waals surface area contributed by atoms with E-state index in [-0.39, 0.29) is 0 Å². The SMILES string of the molecule is CC[C@H](C)c1csc(NC2CC2)n1. The van der Waals surface area contributed by atoms with Crippen molar-refractivity contribution in [3.05, 3.63) is 11.1 Å². The molecule has 0 radical (unpaired) electrons. The van der Waals surface area contributed by atoms with E-state index in [1.54, 1.807) is 11.3 Å². The van der Waals surface area contributed by atoms with Gasteiger partial charge in [-0.1, -0.05) is 13.8 Å². The summed E-state index contributed by atoms with van der Waals surface area (Å²) in [6.45, 7) is 4.44. The molecule has 0 bridgehead atoms. The minimum atomic E-state index is 0.603. The molecule has 1 saturated carbocycles. The third kappa shape index (κ3) is 2.21. The maximum Gasteiger partial charge on any atom is 0.183 e. The average Bonchev–Trinajstić information content (AvgIpc) is 2.81. The van der Waals surface area contributed by atoms with E-state index in [0.29, 0.717) is 5.92 Å². The number of thiazole rings is 1. The molecule has 1 aromatic rings. The summed E-state index contributed by atoms with van der Waals surface area (Å²) in [7, 11) is 0. The van der Waals surface area contributed by atoms with Crippen LogP contribution in [0.1, 0.15) is 44.7 Å². The molecule has 13 heavy (non-hydrogen) atoms. The Kier molecular flexibility index (Phi) is 2.54. The third-order valence-corrected chi connectivity index (χ3v) is 3.34. The largest absolute Gasteiger partial charge is 0.359 e. The van der Waals surface area contributed by atoms with E-state index in [1.807, 2.05) is 0 Å². The molecule has 1 N–H and O–H groups in total. The Morgan fingerprint density at radius 1 is 1.69 bits per heavy atom. The van der Waals surface area contributed by atoms with Gasteiger partial charge in [0.2, 0.25) is 0 Å². The summed E-state index contributed by atoms with van der Waals surface area (Å²) in [5.41, 5.74) is 1.25. The van der Waals surface area contributed by atoms with Gasteiger partial charge in [-0.3, -0.25) is 0 Å². The Morgan fingerprint density at radius 2 is 2.46 bits per heavy atom. The van der Waals surface area contributed by atoms with Gasteiger partial charge in [-0.15, -0.1) is 11.3 Å². The molecular formula is C10H16N2S. The predicted molar refractivity (Wildman–Crippen MR) is 57.5 cm³/mol. The lowest BCUT2D eigenvalue weighted by atomic mass is 10.1. The second kappa shape index (κ2) is 3.66. The van der Waals surface area contributed by atoms with Crippen LogP contribution in [0.5, 0.6) is 0 Å². The second-order valence-electron chi connectivity index (χ2n) is 3.81. The van der Waals surface area contributed by atoms with Crippen LogP contribution in [-0.4, -0.2) is 11.0 Å². The van der Waals surface area contributed by atoms with Crippen molar-refractivity contribution in [3.8, 4) is 0 Å². The van der Waals surface area contributed by atoms with Gasteiger partial charge in [0.05, 0.1) is 5.69 Å². The van der Waals surface area contributed by atoms with Crippen molar-refractivity contribution in [2.24, 2.45) is 0 Å². The van der Waals surface area contributed by atoms with Crippen LogP contribution in [0.3, 0.4) is 0 Å². The highest BCUT2D eigenvalue weighted by Crippen LogP contribution is 2.29. The van der Waals surface area contributed by atoms with Crippen LogP contribution < -0.4 is 5.32 Å². The number of nitrogens with one attached hydrogen (secondary N) is 1. The van der Waals surface area contributed by atoms with E-state index in [9.17, 15) is 0 Å². The molecule has 1 heterocycles. The quantitative estimate of drug-likeness (QED) is 0.799. The van der Waals surface area contributed by atoms with Crippen molar-refractivity contribution < 1.29 is 0 Å². The molecule has 1 aliphatic rings. The van der Waals surface area contributed by atoms with Gasteiger partial charge in [-0.25, -0.2) is 4.98 Å². The van der Waals surface area contributed by atoms with Crippen molar-refractivity contribution in [2.45, 2.75) is 45.1 Å². The van der Waals surface area contributed by atoms with Crippen molar-refractivity contribution in [1.29, 1.82) is 0 Å². The van der Waals surface area contributed by atoms with E-state index in [2.05, 4.69) is 29.5 Å². The first kappa shape index (κ1) is 9.00. The lowest BCUT2D eigenvalue weighted by Crippen LogP contribution is -2.00. The molecule has 2 nitrogen and oxygen atoms in total. The van der Waals surface area contributed by atoms with Gasteiger partial charge in [0.15, 0.2) is 5.13 Å². The minimum Gasteiger partial charge on any atom is -0.359 e.